The summed E-state index contributed by atoms with van der Waals surface area (Å²) < 4.78 is 93.3. The van der Waals surface area contributed by atoms with E-state index < -0.39 is 35.3 Å². The molecule has 5 nitrogen and oxygen atoms in total. The van der Waals surface area contributed by atoms with Crippen molar-refractivity contribution in [3.05, 3.63) is 106 Å². The summed E-state index contributed by atoms with van der Waals surface area (Å²) in [5.41, 5.74) is 0.442. The van der Waals surface area contributed by atoms with Crippen LogP contribution in [0.25, 0.3) is 22.3 Å². The average molecular weight is 626 g/mol. The number of carbonyl (C=O) groups is 1. The maximum atomic E-state index is 14.1. The lowest BCUT2D eigenvalue weighted by molar-refractivity contribution is -0.140. The van der Waals surface area contributed by atoms with Gasteiger partial charge >= 0.3 is 18.3 Å². The monoisotopic (exact) mass is 625 g/mol. The molecule has 0 aliphatic rings. The highest BCUT2D eigenvalue weighted by molar-refractivity contribution is 6.33. The molecule has 43 heavy (non-hydrogen) atoms. The molecule has 3 N–H and O–H groups in total. The number of halogens is 8. The number of benzene rings is 3. The quantitative estimate of drug-likeness (QED) is 0.122. The van der Waals surface area contributed by atoms with E-state index in [0.29, 0.717) is 34.1 Å². The van der Waals surface area contributed by atoms with Crippen LogP contribution in [0.5, 0.6) is 0 Å². The number of rotatable bonds is 10. The number of pyridine rings is 1. The van der Waals surface area contributed by atoms with Gasteiger partial charge in [-0.05, 0) is 59.2 Å². The van der Waals surface area contributed by atoms with E-state index in [4.69, 9.17) is 16.7 Å². The Hall–Kier alpha value is -4.16. The standard InChI is InChI=1S/C30H23ClF7N3O2/c31-26-13-21(6-7-23(26)17-3-8-25(27(32)11-17)30(36,37)38)40-14-18-1-4-20(29(33,34)35)12-24(18)19-2-5-22(41-15-19)16-39-10-9-28(42)43/h1-8,11-13,15,39-40H,9-10,14,16H2,(H,42,43). The van der Waals surface area contributed by atoms with Gasteiger partial charge in [0.15, 0.2) is 0 Å². The van der Waals surface area contributed by atoms with E-state index in [-0.39, 0.29) is 42.2 Å². The van der Waals surface area contributed by atoms with Crippen LogP contribution in [0.4, 0.5) is 36.4 Å². The third kappa shape index (κ3) is 8.23. The third-order valence-electron chi connectivity index (χ3n) is 6.43. The molecule has 1 heterocycles. The van der Waals surface area contributed by atoms with E-state index in [9.17, 15) is 35.5 Å². The molecule has 0 aliphatic heterocycles. The normalized spacial score (nSPS) is 11.9. The number of carboxylic acids is 1. The second-order valence-electron chi connectivity index (χ2n) is 9.47. The molecule has 0 spiro atoms. The van der Waals surface area contributed by atoms with Crippen LogP contribution in [0, 0.1) is 5.82 Å². The van der Waals surface area contributed by atoms with Crippen molar-refractivity contribution < 1.29 is 40.6 Å². The molecular weight excluding hydrogens is 603 g/mol. The number of nitrogens with zero attached hydrogens (tertiary/aromatic N) is 1. The highest BCUT2D eigenvalue weighted by atomic mass is 35.5. The number of aliphatic carboxylic acids is 1. The van der Waals surface area contributed by atoms with Crippen molar-refractivity contribution in [2.75, 3.05) is 11.9 Å². The van der Waals surface area contributed by atoms with Gasteiger partial charge in [0.1, 0.15) is 5.82 Å². The SMILES string of the molecule is O=C(O)CCNCc1ccc(-c2cc(C(F)(F)F)ccc2CNc2ccc(-c3ccc(C(F)(F)F)c(F)c3)c(Cl)c2)cn1. The van der Waals surface area contributed by atoms with Crippen molar-refractivity contribution in [3.63, 3.8) is 0 Å². The summed E-state index contributed by atoms with van der Waals surface area (Å²) in [6, 6.07) is 13.6. The molecule has 4 rings (SSSR count). The zero-order chi connectivity index (χ0) is 31.4. The number of nitrogens with one attached hydrogen (secondary N) is 2. The maximum Gasteiger partial charge on any atom is 0.419 e. The Balaban J connectivity index is 1.53. The second kappa shape index (κ2) is 13.0. The summed E-state index contributed by atoms with van der Waals surface area (Å²) in [4.78, 5) is 14.9. The minimum atomic E-state index is -4.84. The Morgan fingerprint density at radius 2 is 1.58 bits per heavy atom. The summed E-state index contributed by atoms with van der Waals surface area (Å²) in [6.07, 6.45) is -8.05. The fraction of sp³-hybridized carbons (Fsp3) is 0.200. The van der Waals surface area contributed by atoms with E-state index in [2.05, 4.69) is 15.6 Å². The molecule has 0 fully saturated rings. The summed E-state index contributed by atoms with van der Waals surface area (Å²) >= 11 is 6.35. The number of aromatic nitrogens is 1. The van der Waals surface area contributed by atoms with Crippen molar-refractivity contribution in [2.24, 2.45) is 0 Å². The lowest BCUT2D eigenvalue weighted by atomic mass is 9.97. The molecule has 4 aromatic rings. The summed E-state index contributed by atoms with van der Waals surface area (Å²) in [5.74, 6) is -2.38. The summed E-state index contributed by atoms with van der Waals surface area (Å²) in [6.45, 7) is 0.589. The number of alkyl halides is 6. The van der Waals surface area contributed by atoms with E-state index >= 15 is 0 Å². The molecule has 0 saturated heterocycles. The third-order valence-corrected chi connectivity index (χ3v) is 6.74. The molecule has 226 valence electrons. The van der Waals surface area contributed by atoms with Crippen LogP contribution in [0.1, 0.15) is 28.8 Å². The van der Waals surface area contributed by atoms with Crippen molar-refractivity contribution in [2.45, 2.75) is 31.9 Å². The molecule has 0 atom stereocenters. The number of anilines is 1. The second-order valence-corrected chi connectivity index (χ2v) is 9.88. The lowest BCUT2D eigenvalue weighted by Crippen LogP contribution is -2.18. The Morgan fingerprint density at radius 3 is 2.19 bits per heavy atom. The van der Waals surface area contributed by atoms with Gasteiger partial charge in [-0.1, -0.05) is 35.9 Å². The fourth-order valence-corrected chi connectivity index (χ4v) is 4.53. The minimum Gasteiger partial charge on any atom is -0.481 e. The highest BCUT2D eigenvalue weighted by Crippen LogP contribution is 2.37. The molecule has 1 aromatic heterocycles. The van der Waals surface area contributed by atoms with E-state index in [1.54, 1.807) is 18.2 Å². The van der Waals surface area contributed by atoms with Gasteiger partial charge in [0.25, 0.3) is 0 Å². The van der Waals surface area contributed by atoms with Gasteiger partial charge in [0.05, 0.1) is 28.3 Å². The van der Waals surface area contributed by atoms with Crippen LogP contribution in [0.15, 0.2) is 72.9 Å². The van der Waals surface area contributed by atoms with Crippen LogP contribution in [0.2, 0.25) is 5.02 Å². The van der Waals surface area contributed by atoms with Gasteiger partial charge in [0.2, 0.25) is 0 Å². The predicted molar refractivity (Wildman–Crippen MR) is 148 cm³/mol. The first-order valence-electron chi connectivity index (χ1n) is 12.7. The van der Waals surface area contributed by atoms with Gasteiger partial charge < -0.3 is 15.7 Å². The molecule has 0 radical (unpaired) electrons. The predicted octanol–water partition coefficient (Wildman–Crippen LogP) is 8.42. The molecule has 0 saturated carbocycles. The Labute approximate surface area is 246 Å². The van der Waals surface area contributed by atoms with Gasteiger partial charge in [-0.25, -0.2) is 4.39 Å². The number of hydrogen-bond donors (Lipinski definition) is 3. The topological polar surface area (TPSA) is 74.2 Å². The van der Waals surface area contributed by atoms with Crippen LogP contribution < -0.4 is 10.6 Å². The highest BCUT2D eigenvalue weighted by Gasteiger charge is 2.34. The zero-order valence-electron chi connectivity index (χ0n) is 22.1. The number of carboxylic acid groups (broad SMARTS) is 1. The average Bonchev–Trinajstić information content (AvgIpc) is 2.93. The van der Waals surface area contributed by atoms with Crippen LogP contribution in [-0.2, 0) is 30.2 Å². The van der Waals surface area contributed by atoms with Crippen LogP contribution in [0.3, 0.4) is 0 Å². The molecular formula is C30H23ClF7N3O2. The first-order chi connectivity index (χ1) is 20.2. The summed E-state index contributed by atoms with van der Waals surface area (Å²) in [5, 5.41) is 14.8. The van der Waals surface area contributed by atoms with Crippen molar-refractivity contribution >= 4 is 23.3 Å². The van der Waals surface area contributed by atoms with Gasteiger partial charge in [-0.15, -0.1) is 0 Å². The summed E-state index contributed by atoms with van der Waals surface area (Å²) in [7, 11) is 0. The number of hydrogen-bond acceptors (Lipinski definition) is 4. The first-order valence-corrected chi connectivity index (χ1v) is 13.1. The zero-order valence-corrected chi connectivity index (χ0v) is 22.8. The first kappa shape index (κ1) is 31.8. The molecule has 13 heteroatoms. The minimum absolute atomic E-state index is 0.0692. The van der Waals surface area contributed by atoms with E-state index in [1.807, 2.05) is 0 Å². The van der Waals surface area contributed by atoms with E-state index in [0.717, 1.165) is 24.3 Å². The maximum absolute atomic E-state index is 14.1. The van der Waals surface area contributed by atoms with Crippen LogP contribution in [-0.4, -0.2) is 22.6 Å². The molecule has 0 aliphatic carbocycles. The Morgan fingerprint density at radius 1 is 0.837 bits per heavy atom. The smallest absolute Gasteiger partial charge is 0.419 e. The van der Waals surface area contributed by atoms with Crippen molar-refractivity contribution in [1.29, 1.82) is 0 Å². The Bertz CT molecular complexity index is 1610. The largest absolute Gasteiger partial charge is 0.481 e. The van der Waals surface area contributed by atoms with E-state index in [1.165, 1.54) is 24.4 Å². The van der Waals surface area contributed by atoms with Crippen LogP contribution >= 0.6 is 11.6 Å². The Kier molecular flexibility index (Phi) is 9.61. The molecule has 0 amide bonds. The fourth-order valence-electron chi connectivity index (χ4n) is 4.24. The van der Waals surface area contributed by atoms with Crippen molar-refractivity contribution in [1.82, 2.24) is 10.3 Å². The van der Waals surface area contributed by atoms with Gasteiger partial charge in [-0.2, -0.15) is 26.3 Å². The lowest BCUT2D eigenvalue weighted by Gasteiger charge is -2.16. The molecule has 0 unspecified atom stereocenters. The van der Waals surface area contributed by atoms with Gasteiger partial charge in [0, 0.05) is 42.6 Å². The molecule has 3 aromatic carbocycles. The molecule has 0 bridgehead atoms. The van der Waals surface area contributed by atoms with Gasteiger partial charge in [-0.3, -0.25) is 9.78 Å². The van der Waals surface area contributed by atoms with Crippen molar-refractivity contribution in [3.8, 4) is 22.3 Å².